The van der Waals surface area contributed by atoms with Gasteiger partial charge >= 0.3 is 0 Å². The Balaban J connectivity index is 1.02. The number of nitrogens with zero attached hydrogens (tertiary/aromatic N) is 4. The van der Waals surface area contributed by atoms with Crippen LogP contribution in [-0.2, 0) is 5.41 Å². The fourth-order valence-corrected chi connectivity index (χ4v) is 19.2. The number of rotatable bonds is 48. The van der Waals surface area contributed by atoms with E-state index in [4.69, 9.17) is 19.4 Å². The molecule has 0 radical (unpaired) electrons. The predicted molar refractivity (Wildman–Crippen MR) is 489 cm³/mol. The molecule has 2 aliphatic rings. The van der Waals surface area contributed by atoms with Gasteiger partial charge in [-0.05, 0) is 203 Å². The van der Waals surface area contributed by atoms with Crippen molar-refractivity contribution in [3.63, 3.8) is 0 Å². The van der Waals surface area contributed by atoms with Crippen LogP contribution in [0, 0.1) is 59.3 Å². The topological polar surface area (TPSA) is 50.7 Å². The lowest BCUT2D eigenvalue weighted by Crippen LogP contribution is -2.33. The molecule has 598 valence electrons. The van der Waals surface area contributed by atoms with E-state index in [1.165, 1.54) is 287 Å². The maximum atomic E-state index is 7.00. The van der Waals surface area contributed by atoms with E-state index in [0.29, 0.717) is 25.0 Å². The summed E-state index contributed by atoms with van der Waals surface area (Å²) in [5, 5.41) is 0. The molecular weight excluding hydrogens is 1390 g/mol. The second-order valence-electron chi connectivity index (χ2n) is 33.4. The highest BCUT2D eigenvalue weighted by atomic mass is 32.1. The Morgan fingerprint density at radius 3 is 1.33 bits per heavy atom. The molecule has 0 saturated heterocycles. The van der Waals surface area contributed by atoms with Crippen LogP contribution < -0.4 is 19.3 Å². The van der Waals surface area contributed by atoms with Gasteiger partial charge in [0.25, 0.3) is 0 Å². The van der Waals surface area contributed by atoms with Crippen molar-refractivity contribution in [3.8, 4) is 55.3 Å². The summed E-state index contributed by atoms with van der Waals surface area (Å²) in [7, 11) is 0. The number of allylic oxidation sites excluding steroid dienone is 4. The minimum atomic E-state index is -0.0470. The number of aromatic nitrogens is 2. The molecule has 2 heterocycles. The number of thiophene rings is 1. The number of fused-ring (bicyclic) bond motifs is 3. The molecule has 7 aromatic carbocycles. The number of aryl methyl sites for hydroxylation is 6. The summed E-state index contributed by atoms with van der Waals surface area (Å²) in [5.74, 6) is 8.99. The van der Waals surface area contributed by atoms with Gasteiger partial charge in [0.2, 0.25) is 5.82 Å². The van der Waals surface area contributed by atoms with Crippen molar-refractivity contribution in [2.75, 3.05) is 23.0 Å². The molecule has 0 N–H and O–H groups in total. The summed E-state index contributed by atoms with van der Waals surface area (Å²) in [6.45, 7) is 25.8. The van der Waals surface area contributed by atoms with E-state index in [9.17, 15) is 0 Å². The van der Waals surface area contributed by atoms with Crippen molar-refractivity contribution < 1.29 is 9.47 Å². The molecular formula is C106H136N4O2S. The van der Waals surface area contributed by atoms with E-state index in [0.717, 1.165) is 59.1 Å². The lowest BCUT2D eigenvalue weighted by molar-refractivity contribution is 0.264. The van der Waals surface area contributed by atoms with Gasteiger partial charge in [-0.25, -0.2) is 9.97 Å². The first-order valence-electron chi connectivity index (χ1n) is 44.7. The van der Waals surface area contributed by atoms with Crippen molar-refractivity contribution in [2.45, 2.75) is 306 Å². The van der Waals surface area contributed by atoms with Crippen LogP contribution in [0.3, 0.4) is 0 Å². The Kier molecular flexibility index (Phi) is 33.6. The van der Waals surface area contributed by atoms with Gasteiger partial charge in [-0.3, -0.25) is 0 Å². The van der Waals surface area contributed by atoms with Crippen molar-refractivity contribution in [3.05, 3.63) is 232 Å². The largest absolute Gasteiger partial charge is 0.493 e. The summed E-state index contributed by atoms with van der Waals surface area (Å²) in [5.41, 5.74) is 24.5. The zero-order chi connectivity index (χ0) is 79.2. The number of hydrogen-bond acceptors (Lipinski definition) is 7. The average molecular weight is 1530 g/mol. The molecule has 0 saturated carbocycles. The molecule has 2 unspecified atom stereocenters. The first-order valence-corrected chi connectivity index (χ1v) is 45.5. The molecule has 0 amide bonds. The summed E-state index contributed by atoms with van der Waals surface area (Å²) in [4.78, 5) is 17.0. The Bertz CT molecular complexity index is 4470. The summed E-state index contributed by atoms with van der Waals surface area (Å²) < 4.78 is 13.6. The molecule has 9 aromatic rings. The number of benzene rings is 7. The first-order chi connectivity index (χ1) is 55.3. The Morgan fingerprint density at radius 2 is 0.850 bits per heavy atom. The van der Waals surface area contributed by atoms with E-state index >= 15 is 0 Å². The van der Waals surface area contributed by atoms with Gasteiger partial charge in [-0.15, -0.1) is 11.3 Å². The zero-order valence-corrected chi connectivity index (χ0v) is 72.2. The van der Waals surface area contributed by atoms with E-state index in [2.05, 4.69) is 255 Å². The fraction of sp³-hybridized carbons (Fsp3) is 0.472. The van der Waals surface area contributed by atoms with Crippen LogP contribution in [0.25, 0.3) is 37.6 Å². The van der Waals surface area contributed by atoms with Gasteiger partial charge in [0.05, 0.1) is 18.9 Å². The van der Waals surface area contributed by atoms with Crippen LogP contribution in [0.5, 0.6) is 11.5 Å². The molecule has 0 bridgehead atoms. The zero-order valence-electron chi connectivity index (χ0n) is 71.4. The van der Waals surface area contributed by atoms with E-state index in [1.54, 1.807) is 5.56 Å². The van der Waals surface area contributed by atoms with E-state index < -0.39 is 0 Å². The number of anilines is 6. The van der Waals surface area contributed by atoms with Crippen LogP contribution in [0.2, 0.25) is 0 Å². The second kappa shape index (κ2) is 44.4. The normalized spacial score (nSPS) is 14.0. The van der Waals surface area contributed by atoms with Crippen molar-refractivity contribution in [1.82, 2.24) is 9.97 Å². The number of hydrogen-bond donors (Lipinski definition) is 0. The maximum Gasteiger partial charge on any atom is 0.204 e. The van der Waals surface area contributed by atoms with Gasteiger partial charge in [-0.2, -0.15) is 0 Å². The van der Waals surface area contributed by atoms with Crippen LogP contribution in [0.15, 0.2) is 176 Å². The smallest absolute Gasteiger partial charge is 0.204 e. The van der Waals surface area contributed by atoms with E-state index in [1.807, 2.05) is 30.7 Å². The van der Waals surface area contributed by atoms with Gasteiger partial charge in [0, 0.05) is 79.1 Å². The molecule has 0 aliphatic heterocycles. The Hall–Kier alpha value is -8.44. The molecule has 2 atom stereocenters. The third-order valence-corrected chi connectivity index (χ3v) is 25.5. The van der Waals surface area contributed by atoms with Crippen molar-refractivity contribution in [2.24, 2.45) is 5.92 Å². The van der Waals surface area contributed by atoms with Crippen molar-refractivity contribution in [1.29, 1.82) is 0 Å². The second-order valence-corrected chi connectivity index (χ2v) is 34.4. The quantitative estimate of drug-likeness (QED) is 0.0280. The molecule has 11 rings (SSSR count). The molecule has 2 aromatic heterocycles. The monoisotopic (exact) mass is 1530 g/mol. The van der Waals surface area contributed by atoms with Crippen LogP contribution in [0.1, 0.15) is 315 Å². The van der Waals surface area contributed by atoms with E-state index in [-0.39, 0.29) is 11.3 Å². The lowest BCUT2D eigenvalue weighted by Gasteiger charge is -2.39. The molecule has 7 heteroatoms. The van der Waals surface area contributed by atoms with Crippen LogP contribution in [0.4, 0.5) is 34.1 Å². The molecule has 113 heavy (non-hydrogen) atoms. The molecule has 6 nitrogen and oxygen atoms in total. The van der Waals surface area contributed by atoms with Crippen LogP contribution in [-0.4, -0.2) is 23.2 Å². The standard InChI is InChI=1S/C106H136N4O2S/c1-12-17-21-25-29-31-33-35-37-41-66-106(67-42-38-36-34-32-30-26-22-18-13-2)96-73-87(89-77-107-104(45-16-5)108-78-89)53-60-93(96)94-61-54-88(74-97(94)106)103-76-95(105(113-103)86-51-57-90(58-52-86)109(98-62-46-79(6)70-82(98)9)99-63-47-80(7)71-83(99)10)85-49-55-91(56-50-85)110(100-64-48-81(8)72-84(100)11)101-65-59-92(111-68-43-39-27-23-19-14-3)75-102(101)112-69-44-40-28-24-20-15-4/h46-65,70-78,93,96H,12-15,17-44,66-69H2,1-11H3. The minimum Gasteiger partial charge on any atom is -0.493 e. The highest BCUT2D eigenvalue weighted by Gasteiger charge is 2.50. The highest BCUT2D eigenvalue weighted by molar-refractivity contribution is 7.19. The molecule has 2 aliphatic carbocycles. The Morgan fingerprint density at radius 1 is 0.416 bits per heavy atom. The summed E-state index contributed by atoms with van der Waals surface area (Å²) in [6, 6.07) is 56.5. The average Bonchev–Trinajstić information content (AvgIpc) is 1.56. The third kappa shape index (κ3) is 23.2. The van der Waals surface area contributed by atoms with Crippen molar-refractivity contribution >= 4 is 51.0 Å². The first kappa shape index (κ1) is 85.4. The maximum absolute atomic E-state index is 7.00. The van der Waals surface area contributed by atoms with Gasteiger partial charge in [0.1, 0.15) is 11.5 Å². The summed E-state index contributed by atoms with van der Waals surface area (Å²) in [6.07, 6.45) is 55.1. The molecule has 0 spiro atoms. The minimum absolute atomic E-state index is 0.0470. The number of ether oxygens (including phenoxy) is 2. The van der Waals surface area contributed by atoms with Gasteiger partial charge in [0.15, 0.2) is 0 Å². The summed E-state index contributed by atoms with van der Waals surface area (Å²) >= 11 is 1.95. The molecule has 0 fully saturated rings. The fourth-order valence-electron chi connectivity index (χ4n) is 18.0. The SMILES string of the molecule is CC#Cc1ncc(C2=CC3C(C=C2)c2ccc(-c4cc(-c5ccc(N(c6ccc(C)cc6C)c6ccc(OCCCCCCCC)cc6OCCCCCCCC)cc5)c(-c5ccc(N(c6ccc(C)cc6C)c6ccc(C)cc6C)cc5)s4)cc2C3(CCCCCCCCCCCC)CCCCCCCCCCCC)cn1. The van der Waals surface area contributed by atoms with Gasteiger partial charge < -0.3 is 19.3 Å². The predicted octanol–water partition coefficient (Wildman–Crippen LogP) is 32.4. The third-order valence-electron chi connectivity index (χ3n) is 24.3. The Labute approximate surface area is 688 Å². The number of unbranched alkanes of at least 4 members (excludes halogenated alkanes) is 28. The highest BCUT2D eigenvalue weighted by Crippen LogP contribution is 2.60. The van der Waals surface area contributed by atoms with Gasteiger partial charge in [-0.1, -0.05) is 334 Å². The van der Waals surface area contributed by atoms with Crippen LogP contribution >= 0.6 is 11.3 Å². The lowest BCUT2D eigenvalue weighted by atomic mass is 9.65.